The molecule has 0 spiro atoms. The van der Waals surface area contributed by atoms with Crippen molar-refractivity contribution in [3.8, 4) is 5.75 Å². The van der Waals surface area contributed by atoms with Crippen LogP contribution in [0.4, 0.5) is 5.69 Å². The number of hydrogen-bond donors (Lipinski definition) is 2. The fraction of sp³-hybridized carbons (Fsp3) is 0.462. The van der Waals surface area contributed by atoms with E-state index in [1.807, 2.05) is 6.92 Å². The molecule has 1 aromatic rings. The van der Waals surface area contributed by atoms with Gasteiger partial charge in [-0.05, 0) is 19.1 Å². The van der Waals surface area contributed by atoms with Crippen molar-refractivity contribution in [1.29, 1.82) is 0 Å². The fourth-order valence-electron chi connectivity index (χ4n) is 1.95. The van der Waals surface area contributed by atoms with Crippen LogP contribution in [0, 0.1) is 5.92 Å². The second-order valence-electron chi connectivity index (χ2n) is 4.52. The molecule has 1 atom stereocenters. The van der Waals surface area contributed by atoms with Gasteiger partial charge in [0.05, 0.1) is 18.8 Å². The van der Waals surface area contributed by atoms with Crippen molar-refractivity contribution in [1.82, 2.24) is 0 Å². The first-order valence-electron chi connectivity index (χ1n) is 6.33. The zero-order valence-corrected chi connectivity index (χ0v) is 15.7. The normalized spacial score (nSPS) is 12.1. The predicted molar refractivity (Wildman–Crippen MR) is 84.2 cm³/mol. The molecule has 9 heteroatoms. The van der Waals surface area contributed by atoms with E-state index in [9.17, 15) is 13.2 Å². The van der Waals surface area contributed by atoms with Crippen molar-refractivity contribution in [2.45, 2.75) is 6.92 Å². The standard InChI is InChI=1S/C13H19NO6S.Na/c1-3-14(11-5-4-6-12(7-11)20-2)8-10(13(15)16)9-21(17,18)19;/h4-7,10H,3,8-9H2,1-2H3,(H,15,16)(H,17,18,19);. The van der Waals surface area contributed by atoms with Gasteiger partial charge in [-0.3, -0.25) is 9.35 Å². The van der Waals surface area contributed by atoms with Crippen LogP contribution in [0.5, 0.6) is 5.75 Å². The number of ether oxygens (including phenoxy) is 1. The summed E-state index contributed by atoms with van der Waals surface area (Å²) < 4.78 is 35.8. The molecule has 0 amide bonds. The number of carboxylic acids is 1. The number of benzene rings is 1. The summed E-state index contributed by atoms with van der Waals surface area (Å²) in [5, 5.41) is 9.10. The summed E-state index contributed by atoms with van der Waals surface area (Å²) >= 11 is 0. The molecule has 1 unspecified atom stereocenters. The van der Waals surface area contributed by atoms with Gasteiger partial charge in [-0.2, -0.15) is 8.42 Å². The van der Waals surface area contributed by atoms with Gasteiger partial charge >= 0.3 is 5.97 Å². The van der Waals surface area contributed by atoms with E-state index < -0.39 is 27.8 Å². The van der Waals surface area contributed by atoms with Crippen LogP contribution in [-0.4, -0.2) is 79.6 Å². The molecule has 0 fully saturated rings. The molecule has 0 saturated heterocycles. The van der Waals surface area contributed by atoms with E-state index in [1.54, 1.807) is 29.2 Å². The van der Waals surface area contributed by atoms with Crippen LogP contribution in [0.15, 0.2) is 24.3 Å². The van der Waals surface area contributed by atoms with Crippen LogP contribution in [0.25, 0.3) is 0 Å². The average molecular weight is 340 g/mol. The summed E-state index contributed by atoms with van der Waals surface area (Å²) in [7, 11) is -2.83. The SMILES string of the molecule is CCN(CC(CS(=O)(=O)O)C(=O)O)c1cccc(OC)c1.[Na]. The van der Waals surface area contributed by atoms with Crippen molar-refractivity contribution in [3.63, 3.8) is 0 Å². The predicted octanol–water partition coefficient (Wildman–Crippen LogP) is 0.729. The molecule has 1 radical (unpaired) electrons. The number of aliphatic carboxylic acids is 1. The molecule has 0 aliphatic heterocycles. The van der Waals surface area contributed by atoms with E-state index in [2.05, 4.69) is 0 Å². The Morgan fingerprint density at radius 2 is 2.05 bits per heavy atom. The number of nitrogens with zero attached hydrogens (tertiary/aromatic N) is 1. The summed E-state index contributed by atoms with van der Waals surface area (Å²) in [6, 6.07) is 7.02. The van der Waals surface area contributed by atoms with E-state index in [-0.39, 0.29) is 36.1 Å². The minimum absolute atomic E-state index is 0. The molecule has 1 aromatic carbocycles. The molecule has 1 rings (SSSR count). The topological polar surface area (TPSA) is 104 Å². The Balaban J connectivity index is 0.00000441. The zero-order valence-electron chi connectivity index (χ0n) is 12.9. The van der Waals surface area contributed by atoms with Crippen LogP contribution in [-0.2, 0) is 14.9 Å². The monoisotopic (exact) mass is 340 g/mol. The summed E-state index contributed by atoms with van der Waals surface area (Å²) in [4.78, 5) is 12.9. The van der Waals surface area contributed by atoms with Gasteiger partial charge < -0.3 is 14.7 Å². The van der Waals surface area contributed by atoms with E-state index in [0.717, 1.165) is 5.69 Å². The molecular weight excluding hydrogens is 321 g/mol. The smallest absolute Gasteiger partial charge is 0.309 e. The largest absolute Gasteiger partial charge is 0.497 e. The maximum absolute atomic E-state index is 11.2. The number of hydrogen-bond acceptors (Lipinski definition) is 5. The Hall–Kier alpha value is -0.800. The second-order valence-corrected chi connectivity index (χ2v) is 6.02. The number of carboxylic acid groups (broad SMARTS) is 1. The minimum atomic E-state index is -4.35. The molecule has 0 saturated carbocycles. The van der Waals surface area contributed by atoms with E-state index >= 15 is 0 Å². The quantitative estimate of drug-likeness (QED) is 0.531. The maximum atomic E-state index is 11.2. The molecule has 0 bridgehead atoms. The Kier molecular flexibility index (Phi) is 9.02. The van der Waals surface area contributed by atoms with Crippen molar-refractivity contribution in [2.24, 2.45) is 5.92 Å². The average Bonchev–Trinajstić information content (AvgIpc) is 2.42. The molecule has 0 aliphatic carbocycles. The van der Waals surface area contributed by atoms with Gasteiger partial charge in [-0.1, -0.05) is 6.07 Å². The van der Waals surface area contributed by atoms with Crippen LogP contribution in [0.2, 0.25) is 0 Å². The summed E-state index contributed by atoms with van der Waals surface area (Å²) in [6.45, 7) is 2.28. The second kappa shape index (κ2) is 9.36. The Morgan fingerprint density at radius 1 is 1.41 bits per heavy atom. The number of methoxy groups -OCH3 is 1. The Bertz CT molecular complexity index is 592. The van der Waals surface area contributed by atoms with Gasteiger partial charge in [-0.15, -0.1) is 0 Å². The Morgan fingerprint density at radius 3 is 2.50 bits per heavy atom. The van der Waals surface area contributed by atoms with Crippen molar-refractivity contribution < 1.29 is 27.6 Å². The maximum Gasteiger partial charge on any atom is 0.309 e. The fourth-order valence-corrected chi connectivity index (χ4v) is 2.70. The first-order valence-corrected chi connectivity index (χ1v) is 7.94. The molecule has 0 heterocycles. The number of anilines is 1. The van der Waals surface area contributed by atoms with Crippen molar-refractivity contribution in [2.75, 3.05) is 30.9 Å². The van der Waals surface area contributed by atoms with E-state index in [0.29, 0.717) is 12.3 Å². The molecule has 0 aliphatic rings. The van der Waals surface area contributed by atoms with Gasteiger partial charge in [0.15, 0.2) is 0 Å². The van der Waals surface area contributed by atoms with Crippen molar-refractivity contribution in [3.05, 3.63) is 24.3 Å². The molecule has 119 valence electrons. The van der Waals surface area contributed by atoms with Gasteiger partial charge in [0.25, 0.3) is 10.1 Å². The van der Waals surface area contributed by atoms with Crippen LogP contribution < -0.4 is 9.64 Å². The summed E-state index contributed by atoms with van der Waals surface area (Å²) in [6.07, 6.45) is 0. The number of rotatable bonds is 8. The summed E-state index contributed by atoms with van der Waals surface area (Å²) in [5.74, 6) is -2.68. The number of carbonyl (C=O) groups is 1. The minimum Gasteiger partial charge on any atom is -0.497 e. The van der Waals surface area contributed by atoms with Gasteiger partial charge in [0.2, 0.25) is 0 Å². The summed E-state index contributed by atoms with van der Waals surface area (Å²) in [5.41, 5.74) is 0.721. The van der Waals surface area contributed by atoms with Crippen LogP contribution >= 0.6 is 0 Å². The first-order chi connectivity index (χ1) is 9.76. The van der Waals surface area contributed by atoms with Crippen LogP contribution in [0.1, 0.15) is 6.92 Å². The van der Waals surface area contributed by atoms with Gasteiger partial charge in [0.1, 0.15) is 5.75 Å². The first kappa shape index (κ1) is 21.2. The molecule has 7 nitrogen and oxygen atoms in total. The molecule has 0 aromatic heterocycles. The van der Waals surface area contributed by atoms with E-state index in [4.69, 9.17) is 14.4 Å². The third-order valence-electron chi connectivity index (χ3n) is 3.00. The molecule has 2 N–H and O–H groups in total. The van der Waals surface area contributed by atoms with Gasteiger partial charge in [-0.25, -0.2) is 0 Å². The molecular formula is C13H19NNaO6S. The zero-order chi connectivity index (χ0) is 16.0. The van der Waals surface area contributed by atoms with E-state index in [1.165, 1.54) is 7.11 Å². The third-order valence-corrected chi connectivity index (χ3v) is 3.83. The molecule has 22 heavy (non-hydrogen) atoms. The van der Waals surface area contributed by atoms with Crippen molar-refractivity contribution >= 4 is 51.3 Å². The third kappa shape index (κ3) is 6.97. The van der Waals surface area contributed by atoms with Crippen LogP contribution in [0.3, 0.4) is 0 Å². The van der Waals surface area contributed by atoms with Gasteiger partial charge in [0, 0.05) is 54.4 Å². The Labute approximate surface area is 152 Å².